The number of sulfone groups is 1. The van der Waals surface area contributed by atoms with Gasteiger partial charge in [-0.2, -0.15) is 0 Å². The molecule has 0 spiro atoms. The van der Waals surface area contributed by atoms with Crippen LogP contribution in [0.25, 0.3) is 0 Å². The molecule has 30 heavy (non-hydrogen) atoms. The number of ether oxygens (including phenoxy) is 1. The summed E-state index contributed by atoms with van der Waals surface area (Å²) in [6.45, 7) is 1.70. The summed E-state index contributed by atoms with van der Waals surface area (Å²) < 4.78 is 42.4. The van der Waals surface area contributed by atoms with E-state index in [9.17, 15) is 12.8 Å². The Morgan fingerprint density at radius 3 is 2.70 bits per heavy atom. The van der Waals surface area contributed by atoms with Gasteiger partial charge in [0.05, 0.1) is 12.4 Å². The van der Waals surface area contributed by atoms with Crippen LogP contribution in [0.4, 0.5) is 4.39 Å². The highest BCUT2D eigenvalue weighted by molar-refractivity contribution is 14.0. The molecule has 1 aliphatic heterocycles. The third kappa shape index (κ3) is 7.12. The third-order valence-electron chi connectivity index (χ3n) is 4.72. The normalized spacial score (nSPS) is 13.2. The standard InChI is InChI=1S/C21H26FN3O3S.HI/c1-23-21(24-9-7-15-3-6-20-16(11-15)8-10-28-20)25-13-18-12-19(22)5-4-17(18)14-29(2,26)27;/h3-6,11-12H,7-10,13-14H2,1-2H3,(H2,23,24,25);1H. The molecule has 2 aromatic carbocycles. The van der Waals surface area contributed by atoms with Crippen molar-refractivity contribution in [3.05, 3.63) is 64.5 Å². The van der Waals surface area contributed by atoms with Gasteiger partial charge in [0.2, 0.25) is 0 Å². The van der Waals surface area contributed by atoms with Crippen molar-refractivity contribution in [3.63, 3.8) is 0 Å². The molecule has 2 aromatic rings. The van der Waals surface area contributed by atoms with Gasteiger partial charge in [-0.05, 0) is 46.9 Å². The van der Waals surface area contributed by atoms with Crippen LogP contribution in [-0.4, -0.2) is 40.8 Å². The van der Waals surface area contributed by atoms with Crippen LogP contribution in [-0.2, 0) is 35.0 Å². The van der Waals surface area contributed by atoms with Crippen molar-refractivity contribution in [2.45, 2.75) is 25.1 Å². The van der Waals surface area contributed by atoms with Gasteiger partial charge in [-0.15, -0.1) is 24.0 Å². The van der Waals surface area contributed by atoms with Gasteiger partial charge >= 0.3 is 0 Å². The summed E-state index contributed by atoms with van der Waals surface area (Å²) in [4.78, 5) is 4.18. The third-order valence-corrected chi connectivity index (χ3v) is 5.55. The first kappa shape index (κ1) is 24.4. The minimum Gasteiger partial charge on any atom is -0.493 e. The smallest absolute Gasteiger partial charge is 0.191 e. The molecule has 1 heterocycles. The SMILES string of the molecule is CN=C(NCCc1ccc2c(c1)CCO2)NCc1cc(F)ccc1CS(C)(=O)=O.I. The maximum absolute atomic E-state index is 13.6. The molecule has 0 unspecified atom stereocenters. The average molecular weight is 547 g/mol. The molecule has 1 aliphatic rings. The number of benzene rings is 2. The molecular weight excluding hydrogens is 520 g/mol. The highest BCUT2D eigenvalue weighted by Gasteiger charge is 2.13. The predicted octanol–water partition coefficient (Wildman–Crippen LogP) is 2.83. The number of aliphatic imine (C=N–C) groups is 1. The number of nitrogens with zero attached hydrogens (tertiary/aromatic N) is 1. The molecule has 0 aliphatic carbocycles. The number of hydrogen-bond donors (Lipinski definition) is 2. The van der Waals surface area contributed by atoms with Crippen molar-refractivity contribution in [1.82, 2.24) is 10.6 Å². The van der Waals surface area contributed by atoms with Crippen molar-refractivity contribution >= 4 is 39.8 Å². The summed E-state index contributed by atoms with van der Waals surface area (Å²) >= 11 is 0. The van der Waals surface area contributed by atoms with Crippen LogP contribution in [0.3, 0.4) is 0 Å². The Hall–Kier alpha value is -1.88. The Morgan fingerprint density at radius 2 is 1.97 bits per heavy atom. The zero-order valence-corrected chi connectivity index (χ0v) is 20.2. The second-order valence-electron chi connectivity index (χ2n) is 7.13. The molecule has 0 fully saturated rings. The van der Waals surface area contributed by atoms with Crippen LogP contribution in [0.2, 0.25) is 0 Å². The fourth-order valence-corrected chi connectivity index (χ4v) is 4.15. The molecule has 2 N–H and O–H groups in total. The minimum absolute atomic E-state index is 0. The van der Waals surface area contributed by atoms with Crippen LogP contribution in [0.15, 0.2) is 41.4 Å². The van der Waals surface area contributed by atoms with Crippen LogP contribution < -0.4 is 15.4 Å². The van der Waals surface area contributed by atoms with Gasteiger partial charge in [-0.25, -0.2) is 12.8 Å². The zero-order chi connectivity index (χ0) is 20.9. The van der Waals surface area contributed by atoms with Crippen LogP contribution in [0, 0.1) is 5.82 Å². The van der Waals surface area contributed by atoms with E-state index < -0.39 is 15.7 Å². The van der Waals surface area contributed by atoms with Gasteiger partial charge in [-0.3, -0.25) is 4.99 Å². The Morgan fingerprint density at radius 1 is 1.17 bits per heavy atom. The molecule has 0 saturated heterocycles. The van der Waals surface area contributed by atoms with E-state index in [4.69, 9.17) is 4.74 Å². The Labute approximate surface area is 194 Å². The number of halogens is 2. The van der Waals surface area contributed by atoms with Gasteiger partial charge in [0, 0.05) is 32.8 Å². The number of guanidine groups is 1. The Bertz CT molecular complexity index is 1010. The lowest BCUT2D eigenvalue weighted by molar-refractivity contribution is 0.357. The topological polar surface area (TPSA) is 79.8 Å². The van der Waals surface area contributed by atoms with Crippen molar-refractivity contribution in [1.29, 1.82) is 0 Å². The first-order valence-electron chi connectivity index (χ1n) is 9.48. The second-order valence-corrected chi connectivity index (χ2v) is 9.27. The molecule has 9 heteroatoms. The van der Waals surface area contributed by atoms with E-state index in [2.05, 4.69) is 27.8 Å². The quantitative estimate of drug-likeness (QED) is 0.317. The summed E-state index contributed by atoms with van der Waals surface area (Å²) in [5, 5.41) is 6.36. The maximum Gasteiger partial charge on any atom is 0.191 e. The first-order chi connectivity index (χ1) is 13.8. The lowest BCUT2D eigenvalue weighted by atomic mass is 10.1. The molecule has 0 amide bonds. The van der Waals surface area contributed by atoms with Crippen molar-refractivity contribution < 1.29 is 17.5 Å². The lowest BCUT2D eigenvalue weighted by Crippen LogP contribution is -2.38. The average Bonchev–Trinajstić information content (AvgIpc) is 3.13. The molecular formula is C21H27FIN3O3S. The monoisotopic (exact) mass is 547 g/mol. The van der Waals surface area contributed by atoms with E-state index in [1.807, 2.05) is 6.07 Å². The summed E-state index contributed by atoms with van der Waals surface area (Å²) in [5.74, 6) is 1.02. The van der Waals surface area contributed by atoms with E-state index in [-0.39, 0.29) is 36.3 Å². The molecule has 0 atom stereocenters. The fraction of sp³-hybridized carbons (Fsp3) is 0.381. The van der Waals surface area contributed by atoms with Gasteiger partial charge in [0.25, 0.3) is 0 Å². The van der Waals surface area contributed by atoms with Crippen molar-refractivity contribution in [2.24, 2.45) is 4.99 Å². The lowest BCUT2D eigenvalue weighted by Gasteiger charge is -2.14. The summed E-state index contributed by atoms with van der Waals surface area (Å²) in [5.41, 5.74) is 3.64. The molecule has 6 nitrogen and oxygen atoms in total. The minimum atomic E-state index is -3.21. The van der Waals surface area contributed by atoms with E-state index >= 15 is 0 Å². The number of nitrogens with one attached hydrogen (secondary N) is 2. The van der Waals surface area contributed by atoms with E-state index in [0.29, 0.717) is 23.6 Å². The van der Waals surface area contributed by atoms with Gasteiger partial charge in [0.1, 0.15) is 11.6 Å². The summed E-state index contributed by atoms with van der Waals surface area (Å²) in [7, 11) is -1.55. The fourth-order valence-electron chi connectivity index (χ4n) is 3.30. The maximum atomic E-state index is 13.6. The van der Waals surface area contributed by atoms with Gasteiger partial charge in [0.15, 0.2) is 15.8 Å². The molecule has 0 bridgehead atoms. The van der Waals surface area contributed by atoms with E-state index in [0.717, 1.165) is 25.2 Å². The van der Waals surface area contributed by atoms with E-state index in [1.54, 1.807) is 7.05 Å². The van der Waals surface area contributed by atoms with Crippen molar-refractivity contribution in [2.75, 3.05) is 26.5 Å². The summed E-state index contributed by atoms with van der Waals surface area (Å²) in [6.07, 6.45) is 2.94. The highest BCUT2D eigenvalue weighted by atomic mass is 127. The van der Waals surface area contributed by atoms with Gasteiger partial charge < -0.3 is 15.4 Å². The largest absolute Gasteiger partial charge is 0.493 e. The molecule has 0 radical (unpaired) electrons. The molecule has 3 rings (SSSR count). The number of hydrogen-bond acceptors (Lipinski definition) is 4. The van der Waals surface area contributed by atoms with Crippen LogP contribution >= 0.6 is 24.0 Å². The van der Waals surface area contributed by atoms with Crippen LogP contribution in [0.5, 0.6) is 5.75 Å². The van der Waals surface area contributed by atoms with Crippen molar-refractivity contribution in [3.8, 4) is 5.75 Å². The first-order valence-corrected chi connectivity index (χ1v) is 11.5. The molecule has 0 aromatic heterocycles. The van der Waals surface area contributed by atoms with Crippen LogP contribution in [0.1, 0.15) is 22.3 Å². The predicted molar refractivity (Wildman–Crippen MR) is 128 cm³/mol. The number of rotatable bonds is 7. The zero-order valence-electron chi connectivity index (χ0n) is 17.1. The number of fused-ring (bicyclic) bond motifs is 1. The Kier molecular flexibility index (Phi) is 8.90. The second kappa shape index (κ2) is 10.9. The van der Waals surface area contributed by atoms with E-state index in [1.165, 1.54) is 35.6 Å². The highest BCUT2D eigenvalue weighted by Crippen LogP contribution is 2.25. The summed E-state index contributed by atoms with van der Waals surface area (Å²) in [6, 6.07) is 10.4. The molecule has 164 valence electrons. The van der Waals surface area contributed by atoms with Gasteiger partial charge in [-0.1, -0.05) is 18.2 Å². The Balaban J connectivity index is 0.00000320. The molecule has 0 saturated carbocycles.